The van der Waals surface area contributed by atoms with E-state index in [2.05, 4.69) is 14.1 Å². The van der Waals surface area contributed by atoms with E-state index in [1.54, 1.807) is 23.1 Å². The summed E-state index contributed by atoms with van der Waals surface area (Å²) in [5.74, 6) is -0.628. The first-order valence-corrected chi connectivity index (χ1v) is 11.1. The Balaban J connectivity index is 2.08. The fourth-order valence-corrected chi connectivity index (χ4v) is 4.08. The molecule has 1 atom stereocenters. The third kappa shape index (κ3) is 4.86. The summed E-state index contributed by atoms with van der Waals surface area (Å²) in [7, 11) is 4.11. The molecule has 0 spiro atoms. The number of rotatable bonds is 8. The molecule has 0 radical (unpaired) electrons. The number of aliphatic hydroxyl groups is 1. The maximum atomic E-state index is 13.1. The molecule has 32 heavy (non-hydrogen) atoms. The van der Waals surface area contributed by atoms with Gasteiger partial charge in [-0.2, -0.15) is 0 Å². The van der Waals surface area contributed by atoms with Gasteiger partial charge in [-0.15, -0.1) is 0 Å². The first-order chi connectivity index (χ1) is 15.2. The number of hydrogen-bond acceptors (Lipinski definition) is 4. The monoisotopic (exact) mass is 437 g/mol. The van der Waals surface area contributed by atoms with Crippen molar-refractivity contribution in [3.63, 3.8) is 0 Å². The lowest BCUT2D eigenvalue weighted by Gasteiger charge is -2.25. The first-order valence-electron chi connectivity index (χ1n) is 11.1. The Morgan fingerprint density at radius 1 is 1.09 bits per heavy atom. The second-order valence-corrected chi connectivity index (χ2v) is 8.63. The van der Waals surface area contributed by atoms with E-state index in [9.17, 15) is 14.7 Å². The van der Waals surface area contributed by atoms with Gasteiger partial charge in [0.05, 0.1) is 38.9 Å². The lowest BCUT2D eigenvalue weighted by atomic mass is 9.94. The van der Waals surface area contributed by atoms with E-state index < -0.39 is 17.7 Å². The first kappa shape index (κ1) is 23.5. The van der Waals surface area contributed by atoms with Crippen LogP contribution in [-0.4, -0.2) is 55.5 Å². The number of nitrogens with one attached hydrogen (secondary N) is 1. The molecule has 1 aliphatic rings. The second-order valence-electron chi connectivity index (χ2n) is 8.63. The number of amides is 1. The molecule has 2 N–H and O–H groups in total. The highest BCUT2D eigenvalue weighted by molar-refractivity contribution is 6.46. The molecule has 1 heterocycles. The van der Waals surface area contributed by atoms with Gasteiger partial charge in [0.25, 0.3) is 11.7 Å². The molecular formula is C26H33N2O4+. The molecule has 0 unspecified atom stereocenters. The number of carbonyl (C=O) groups excluding carboxylic acids is 2. The van der Waals surface area contributed by atoms with Gasteiger partial charge in [-0.05, 0) is 50.1 Å². The molecule has 0 aromatic heterocycles. The van der Waals surface area contributed by atoms with E-state index >= 15 is 0 Å². The minimum absolute atomic E-state index is 0.139. The van der Waals surface area contributed by atoms with Crippen LogP contribution in [0.25, 0.3) is 5.76 Å². The van der Waals surface area contributed by atoms with Crippen molar-refractivity contribution >= 4 is 17.4 Å². The van der Waals surface area contributed by atoms with E-state index in [-0.39, 0.29) is 11.3 Å². The Labute approximate surface area is 190 Å². The molecule has 1 saturated heterocycles. The Bertz CT molecular complexity index is 1020. The van der Waals surface area contributed by atoms with E-state index in [4.69, 9.17) is 4.74 Å². The number of nitrogens with zero attached hydrogens (tertiary/aromatic N) is 1. The van der Waals surface area contributed by atoms with E-state index in [0.29, 0.717) is 18.7 Å². The van der Waals surface area contributed by atoms with Crippen LogP contribution in [0.4, 0.5) is 0 Å². The van der Waals surface area contributed by atoms with Crippen molar-refractivity contribution < 1.29 is 24.3 Å². The molecule has 170 valence electrons. The summed E-state index contributed by atoms with van der Waals surface area (Å²) in [6, 6.07) is 12.4. The van der Waals surface area contributed by atoms with Gasteiger partial charge in [-0.1, -0.05) is 29.8 Å². The highest BCUT2D eigenvalue weighted by Gasteiger charge is 2.45. The number of carbonyl (C=O) groups is 2. The summed E-state index contributed by atoms with van der Waals surface area (Å²) in [5.41, 5.74) is 3.39. The zero-order valence-corrected chi connectivity index (χ0v) is 19.6. The predicted octanol–water partition coefficient (Wildman–Crippen LogP) is 2.66. The summed E-state index contributed by atoms with van der Waals surface area (Å²) in [6.45, 7) is 7.66. The van der Waals surface area contributed by atoms with Gasteiger partial charge in [0, 0.05) is 18.5 Å². The summed E-state index contributed by atoms with van der Waals surface area (Å²) in [5, 5.41) is 11.2. The number of benzene rings is 2. The van der Waals surface area contributed by atoms with Crippen LogP contribution in [0.3, 0.4) is 0 Å². The Morgan fingerprint density at radius 3 is 2.38 bits per heavy atom. The number of ketones is 1. The minimum Gasteiger partial charge on any atom is -0.507 e. The van der Waals surface area contributed by atoms with Crippen LogP contribution in [0.15, 0.2) is 48.0 Å². The highest BCUT2D eigenvalue weighted by atomic mass is 16.5. The van der Waals surface area contributed by atoms with Crippen LogP contribution < -0.4 is 9.64 Å². The van der Waals surface area contributed by atoms with Crippen LogP contribution in [-0.2, 0) is 9.59 Å². The Morgan fingerprint density at radius 2 is 1.78 bits per heavy atom. The van der Waals surface area contributed by atoms with Gasteiger partial charge in [0.2, 0.25) is 0 Å². The van der Waals surface area contributed by atoms with Gasteiger partial charge in [0.1, 0.15) is 11.5 Å². The van der Waals surface area contributed by atoms with Gasteiger partial charge >= 0.3 is 0 Å². The van der Waals surface area contributed by atoms with Crippen molar-refractivity contribution in [3.8, 4) is 5.75 Å². The number of aryl methyl sites for hydroxylation is 2. The third-order valence-electron chi connectivity index (χ3n) is 5.76. The summed E-state index contributed by atoms with van der Waals surface area (Å²) in [4.78, 5) is 29.0. The topological polar surface area (TPSA) is 71.3 Å². The zero-order valence-electron chi connectivity index (χ0n) is 19.6. The molecule has 2 aromatic carbocycles. The largest absolute Gasteiger partial charge is 0.507 e. The van der Waals surface area contributed by atoms with Crippen molar-refractivity contribution in [2.75, 3.05) is 33.8 Å². The lowest BCUT2D eigenvalue weighted by Crippen LogP contribution is -3.05. The van der Waals surface area contributed by atoms with Crippen molar-refractivity contribution in [3.05, 3.63) is 70.3 Å². The highest BCUT2D eigenvalue weighted by Crippen LogP contribution is 2.40. The maximum absolute atomic E-state index is 13.1. The fraction of sp³-hybridized carbons (Fsp3) is 0.385. The molecule has 1 fully saturated rings. The molecule has 6 heteroatoms. The third-order valence-corrected chi connectivity index (χ3v) is 5.76. The van der Waals surface area contributed by atoms with Crippen LogP contribution >= 0.6 is 0 Å². The van der Waals surface area contributed by atoms with Gasteiger partial charge in [0.15, 0.2) is 0 Å². The molecule has 0 bridgehead atoms. The lowest BCUT2D eigenvalue weighted by molar-refractivity contribution is -0.858. The molecule has 1 amide bonds. The number of quaternary nitrogens is 1. The van der Waals surface area contributed by atoms with Crippen molar-refractivity contribution in [2.24, 2.45) is 0 Å². The molecule has 3 rings (SSSR count). The quantitative estimate of drug-likeness (QED) is 0.378. The molecule has 1 aliphatic heterocycles. The Kier molecular flexibility index (Phi) is 7.36. The summed E-state index contributed by atoms with van der Waals surface area (Å²) in [6.07, 6.45) is 0.764. The van der Waals surface area contributed by atoms with Crippen LogP contribution in [0.5, 0.6) is 5.75 Å². The van der Waals surface area contributed by atoms with Gasteiger partial charge in [-0.25, -0.2) is 0 Å². The van der Waals surface area contributed by atoms with Crippen LogP contribution in [0, 0.1) is 13.8 Å². The number of ether oxygens (including phenoxy) is 1. The smallest absolute Gasteiger partial charge is 0.295 e. The van der Waals surface area contributed by atoms with E-state index in [1.807, 2.05) is 45.0 Å². The second kappa shape index (κ2) is 10.0. The fourth-order valence-electron chi connectivity index (χ4n) is 4.08. The average molecular weight is 438 g/mol. The van der Waals surface area contributed by atoms with Crippen molar-refractivity contribution in [2.45, 2.75) is 33.2 Å². The molecule has 6 nitrogen and oxygen atoms in total. The molecule has 0 aliphatic carbocycles. The summed E-state index contributed by atoms with van der Waals surface area (Å²) >= 11 is 0. The number of hydrogen-bond donors (Lipinski definition) is 2. The molecule has 0 saturated carbocycles. The minimum atomic E-state index is -0.642. The van der Waals surface area contributed by atoms with Gasteiger partial charge < -0.3 is 19.6 Å². The zero-order chi connectivity index (χ0) is 23.4. The number of aliphatic hydroxyl groups excluding tert-OH is 1. The van der Waals surface area contributed by atoms with Crippen LogP contribution in [0.2, 0.25) is 0 Å². The normalized spacial score (nSPS) is 17.9. The Hall–Kier alpha value is -3.12. The van der Waals surface area contributed by atoms with E-state index in [1.165, 1.54) is 4.90 Å². The molecular weight excluding hydrogens is 404 g/mol. The SMILES string of the molecule is CCOc1ccc(C(O)=C2C(=O)C(=O)N(CCC[NH+](C)C)[C@@H]2c2ccc(C)cc2)cc1C. The van der Waals surface area contributed by atoms with E-state index in [0.717, 1.165) is 35.4 Å². The predicted molar refractivity (Wildman–Crippen MR) is 125 cm³/mol. The summed E-state index contributed by atoms with van der Waals surface area (Å²) < 4.78 is 5.59. The standard InChI is InChI=1S/C26H32N2O4/c1-6-32-21-13-12-20(16-18(21)3)24(29)22-23(19-10-8-17(2)9-11-19)28(26(31)25(22)30)15-7-14-27(4)5/h8-13,16,23,29H,6-7,14-15H2,1-5H3/p+1/t23-/m1/s1. The van der Waals surface area contributed by atoms with Gasteiger partial charge in [-0.3, -0.25) is 9.59 Å². The van der Waals surface area contributed by atoms with Crippen LogP contribution in [0.1, 0.15) is 41.6 Å². The van der Waals surface area contributed by atoms with Crippen molar-refractivity contribution in [1.82, 2.24) is 4.90 Å². The molecule has 2 aromatic rings. The average Bonchev–Trinajstić information content (AvgIpc) is 3.00. The number of Topliss-reactive ketones (excluding diaryl/α,β-unsaturated/α-hetero) is 1. The maximum Gasteiger partial charge on any atom is 0.295 e. The van der Waals surface area contributed by atoms with Crippen molar-refractivity contribution in [1.29, 1.82) is 0 Å². The number of likely N-dealkylation sites (tertiary alicyclic amines) is 1.